The summed E-state index contributed by atoms with van der Waals surface area (Å²) in [5.41, 5.74) is 2.10. The summed E-state index contributed by atoms with van der Waals surface area (Å²) in [4.78, 5) is 27.6. The first kappa shape index (κ1) is 23.8. The lowest BCUT2D eigenvalue weighted by Gasteiger charge is -2.24. The van der Waals surface area contributed by atoms with Gasteiger partial charge < -0.3 is 15.0 Å². The van der Waals surface area contributed by atoms with Crippen LogP contribution >= 0.6 is 27.5 Å². The van der Waals surface area contributed by atoms with Crippen LogP contribution in [-0.2, 0) is 11.3 Å². The minimum atomic E-state index is -0.501. The summed E-state index contributed by atoms with van der Waals surface area (Å²) in [7, 11) is 3.34. The molecule has 0 aromatic heterocycles. The molecule has 2 amide bonds. The number of carbonyl (C=O) groups excluding carboxylic acids is 2. The number of nitrogens with zero attached hydrogens (tertiary/aromatic N) is 1. The molecule has 5 nitrogen and oxygen atoms in total. The Morgan fingerprint density at radius 1 is 1.06 bits per heavy atom. The highest BCUT2D eigenvalue weighted by molar-refractivity contribution is 9.10. The third-order valence-electron chi connectivity index (χ3n) is 5.08. The van der Waals surface area contributed by atoms with E-state index in [0.29, 0.717) is 22.9 Å². The van der Waals surface area contributed by atoms with E-state index in [9.17, 15) is 9.59 Å². The molecule has 0 heterocycles. The predicted molar refractivity (Wildman–Crippen MR) is 130 cm³/mol. The van der Waals surface area contributed by atoms with Crippen LogP contribution in [0.5, 0.6) is 5.75 Å². The van der Waals surface area contributed by atoms with Crippen LogP contribution in [0.2, 0.25) is 5.02 Å². The highest BCUT2D eigenvalue weighted by atomic mass is 79.9. The Hall–Kier alpha value is -2.83. The van der Waals surface area contributed by atoms with Gasteiger partial charge in [-0.2, -0.15) is 0 Å². The van der Waals surface area contributed by atoms with Gasteiger partial charge >= 0.3 is 0 Å². The van der Waals surface area contributed by atoms with Gasteiger partial charge in [-0.3, -0.25) is 9.59 Å². The van der Waals surface area contributed by atoms with E-state index in [1.165, 1.54) is 0 Å². The average molecular weight is 516 g/mol. The zero-order chi connectivity index (χ0) is 23.1. The molecule has 0 saturated carbocycles. The fraction of sp³-hybridized carbons (Fsp3) is 0.200. The summed E-state index contributed by atoms with van der Waals surface area (Å²) < 4.78 is 6.32. The fourth-order valence-corrected chi connectivity index (χ4v) is 3.99. The van der Waals surface area contributed by atoms with E-state index in [1.807, 2.05) is 48.5 Å². The first-order chi connectivity index (χ1) is 15.4. The van der Waals surface area contributed by atoms with Gasteiger partial charge in [0.2, 0.25) is 5.91 Å². The Morgan fingerprint density at radius 3 is 2.44 bits per heavy atom. The quantitative estimate of drug-likeness (QED) is 0.423. The molecule has 0 aliphatic carbocycles. The second-order valence-electron chi connectivity index (χ2n) is 7.33. The molecule has 3 rings (SSSR count). The summed E-state index contributed by atoms with van der Waals surface area (Å²) in [6, 6.07) is 21.4. The number of amides is 2. The Bertz CT molecular complexity index is 1090. The molecular weight excluding hydrogens is 492 g/mol. The van der Waals surface area contributed by atoms with Crippen molar-refractivity contribution in [2.24, 2.45) is 0 Å². The number of methoxy groups -OCH3 is 1. The van der Waals surface area contributed by atoms with Gasteiger partial charge in [0.05, 0.1) is 30.2 Å². The third-order valence-corrected chi connectivity index (χ3v) is 5.90. The van der Waals surface area contributed by atoms with Crippen LogP contribution in [0.4, 0.5) is 0 Å². The molecule has 32 heavy (non-hydrogen) atoms. The summed E-state index contributed by atoms with van der Waals surface area (Å²) in [6.45, 7) is 0.376. The number of nitrogens with one attached hydrogen (secondary N) is 1. The van der Waals surface area contributed by atoms with Crippen molar-refractivity contribution in [3.05, 3.63) is 99.0 Å². The van der Waals surface area contributed by atoms with Gasteiger partial charge in [0.25, 0.3) is 5.91 Å². The molecule has 7 heteroatoms. The van der Waals surface area contributed by atoms with E-state index in [-0.39, 0.29) is 18.2 Å². The van der Waals surface area contributed by atoms with Crippen molar-refractivity contribution in [2.75, 3.05) is 14.2 Å². The molecule has 3 aromatic rings. The number of carbonyl (C=O) groups is 2. The van der Waals surface area contributed by atoms with E-state index >= 15 is 0 Å². The van der Waals surface area contributed by atoms with Gasteiger partial charge in [-0.25, -0.2) is 0 Å². The molecule has 0 radical (unpaired) electrons. The maximum absolute atomic E-state index is 13.1. The number of ether oxygens (including phenoxy) is 1. The van der Waals surface area contributed by atoms with Crippen molar-refractivity contribution in [3.63, 3.8) is 0 Å². The van der Waals surface area contributed by atoms with Crippen molar-refractivity contribution < 1.29 is 14.3 Å². The Balaban J connectivity index is 1.77. The predicted octanol–water partition coefficient (Wildman–Crippen LogP) is 5.63. The topological polar surface area (TPSA) is 58.6 Å². The summed E-state index contributed by atoms with van der Waals surface area (Å²) in [6.07, 6.45) is 0.104. The molecule has 1 atom stereocenters. The van der Waals surface area contributed by atoms with Crippen LogP contribution in [0.15, 0.2) is 77.3 Å². The van der Waals surface area contributed by atoms with Gasteiger partial charge in [0, 0.05) is 23.6 Å². The van der Waals surface area contributed by atoms with Gasteiger partial charge in [-0.05, 0) is 35.9 Å². The molecule has 0 bridgehead atoms. The number of halogens is 2. The standard InChI is InChI=1S/C25H24BrClN2O3/c1-29(16-18-14-19(26)12-13-23(18)32-2)24(30)15-22(17-8-4-3-5-9-17)28-25(31)20-10-6-7-11-21(20)27/h3-14,22H,15-16H2,1-2H3,(H,28,31)/t22-/m0/s1. The van der Waals surface area contributed by atoms with Crippen molar-refractivity contribution in [1.29, 1.82) is 0 Å². The lowest BCUT2D eigenvalue weighted by Crippen LogP contribution is -2.34. The number of hydrogen-bond acceptors (Lipinski definition) is 3. The number of rotatable bonds is 8. The van der Waals surface area contributed by atoms with Gasteiger partial charge in [0.15, 0.2) is 0 Å². The Labute approximate surface area is 201 Å². The largest absolute Gasteiger partial charge is 0.496 e. The van der Waals surface area contributed by atoms with Gasteiger partial charge in [0.1, 0.15) is 5.75 Å². The second-order valence-corrected chi connectivity index (χ2v) is 8.65. The molecule has 3 aromatic carbocycles. The molecule has 166 valence electrons. The van der Waals surface area contributed by atoms with Crippen molar-refractivity contribution in [3.8, 4) is 5.75 Å². The molecule has 0 aliphatic heterocycles. The summed E-state index contributed by atoms with van der Waals surface area (Å²) in [5, 5.41) is 3.33. The smallest absolute Gasteiger partial charge is 0.253 e. The van der Waals surface area contributed by atoms with Crippen LogP contribution in [-0.4, -0.2) is 30.9 Å². The summed E-state index contributed by atoms with van der Waals surface area (Å²) in [5.74, 6) is 0.272. The lowest BCUT2D eigenvalue weighted by atomic mass is 10.0. The van der Waals surface area contributed by atoms with Crippen molar-refractivity contribution in [1.82, 2.24) is 10.2 Å². The SMILES string of the molecule is COc1ccc(Br)cc1CN(C)C(=O)C[C@H](NC(=O)c1ccccc1Cl)c1ccccc1. The van der Waals surface area contributed by atoms with Crippen LogP contribution in [0.25, 0.3) is 0 Å². The van der Waals surface area contributed by atoms with Gasteiger partial charge in [-0.1, -0.05) is 70.0 Å². The zero-order valence-electron chi connectivity index (χ0n) is 17.8. The number of benzene rings is 3. The first-order valence-electron chi connectivity index (χ1n) is 10.1. The first-order valence-corrected chi connectivity index (χ1v) is 11.2. The normalized spacial score (nSPS) is 11.5. The van der Waals surface area contributed by atoms with E-state index in [2.05, 4.69) is 21.2 Å². The molecule has 0 spiro atoms. The Kier molecular flexibility index (Phi) is 8.31. The van der Waals surface area contributed by atoms with E-state index < -0.39 is 6.04 Å². The second kappa shape index (κ2) is 11.2. The van der Waals surface area contributed by atoms with Crippen molar-refractivity contribution >= 4 is 39.3 Å². The van der Waals surface area contributed by atoms with Crippen LogP contribution in [0.1, 0.15) is 33.9 Å². The fourth-order valence-electron chi connectivity index (χ4n) is 3.36. The Morgan fingerprint density at radius 2 is 1.75 bits per heavy atom. The lowest BCUT2D eigenvalue weighted by molar-refractivity contribution is -0.130. The molecular formula is C25H24BrClN2O3. The molecule has 0 unspecified atom stereocenters. The molecule has 0 saturated heterocycles. The van der Waals surface area contributed by atoms with Crippen molar-refractivity contribution in [2.45, 2.75) is 19.0 Å². The third kappa shape index (κ3) is 6.11. The minimum Gasteiger partial charge on any atom is -0.496 e. The van der Waals surface area contributed by atoms with Crippen LogP contribution in [0.3, 0.4) is 0 Å². The molecule has 0 fully saturated rings. The summed E-state index contributed by atoms with van der Waals surface area (Å²) >= 11 is 9.65. The van der Waals surface area contributed by atoms with Crippen LogP contribution in [0, 0.1) is 0 Å². The highest BCUT2D eigenvalue weighted by Crippen LogP contribution is 2.25. The zero-order valence-corrected chi connectivity index (χ0v) is 20.2. The monoisotopic (exact) mass is 514 g/mol. The van der Waals surface area contributed by atoms with E-state index in [1.54, 1.807) is 43.3 Å². The maximum atomic E-state index is 13.1. The van der Waals surface area contributed by atoms with Gasteiger partial charge in [-0.15, -0.1) is 0 Å². The average Bonchev–Trinajstić information content (AvgIpc) is 2.79. The molecule has 1 N–H and O–H groups in total. The highest BCUT2D eigenvalue weighted by Gasteiger charge is 2.22. The van der Waals surface area contributed by atoms with E-state index in [4.69, 9.17) is 16.3 Å². The van der Waals surface area contributed by atoms with Crippen LogP contribution < -0.4 is 10.1 Å². The molecule has 0 aliphatic rings. The maximum Gasteiger partial charge on any atom is 0.253 e. The van der Waals surface area contributed by atoms with E-state index in [0.717, 1.165) is 15.6 Å². The minimum absolute atomic E-state index is 0.104. The number of hydrogen-bond donors (Lipinski definition) is 1.